The van der Waals surface area contributed by atoms with Gasteiger partial charge in [0.15, 0.2) is 11.5 Å². The lowest BCUT2D eigenvalue weighted by molar-refractivity contribution is -0.120. The van der Waals surface area contributed by atoms with Crippen molar-refractivity contribution in [3.05, 3.63) is 59.2 Å². The van der Waals surface area contributed by atoms with E-state index in [1.807, 2.05) is 0 Å². The van der Waals surface area contributed by atoms with Gasteiger partial charge in [0, 0.05) is 12.6 Å². The molecule has 0 radical (unpaired) electrons. The number of benzene rings is 2. The molecule has 0 bridgehead atoms. The molecule has 0 atom stereocenters. The van der Waals surface area contributed by atoms with E-state index in [0.717, 1.165) is 17.7 Å². The fourth-order valence-electron chi connectivity index (χ4n) is 2.24. The first kappa shape index (κ1) is 16.7. The summed E-state index contributed by atoms with van der Waals surface area (Å²) in [4.78, 5) is 23.6. The van der Waals surface area contributed by atoms with E-state index >= 15 is 0 Å². The monoisotopic (exact) mass is 348 g/mol. The zero-order valence-electron chi connectivity index (χ0n) is 13.0. The number of amides is 2. The van der Waals surface area contributed by atoms with Crippen molar-refractivity contribution in [2.75, 3.05) is 13.3 Å². The Kier molecular flexibility index (Phi) is 4.78. The van der Waals surface area contributed by atoms with E-state index in [9.17, 15) is 18.4 Å². The van der Waals surface area contributed by atoms with E-state index in [1.54, 1.807) is 18.2 Å². The summed E-state index contributed by atoms with van der Waals surface area (Å²) in [5.41, 5.74) is 0.471. The van der Waals surface area contributed by atoms with Crippen molar-refractivity contribution in [2.45, 2.75) is 6.54 Å². The molecule has 2 aromatic carbocycles. The average Bonchev–Trinajstić information content (AvgIpc) is 3.05. The molecule has 2 N–H and O–H groups in total. The van der Waals surface area contributed by atoms with Crippen molar-refractivity contribution in [3.63, 3.8) is 0 Å². The van der Waals surface area contributed by atoms with Crippen LogP contribution in [0, 0.1) is 11.6 Å². The lowest BCUT2D eigenvalue weighted by atomic mass is 10.2. The maximum Gasteiger partial charge on any atom is 0.254 e. The number of ether oxygens (including phenoxy) is 2. The third-order valence-corrected chi connectivity index (χ3v) is 3.51. The first-order chi connectivity index (χ1) is 12.0. The minimum Gasteiger partial charge on any atom is -0.454 e. The summed E-state index contributed by atoms with van der Waals surface area (Å²) in [5.74, 6) is -1.77. The number of carbonyl (C=O) groups is 2. The summed E-state index contributed by atoms with van der Waals surface area (Å²) < 4.78 is 36.7. The van der Waals surface area contributed by atoms with Crippen molar-refractivity contribution >= 4 is 11.8 Å². The molecule has 2 amide bonds. The molecular weight excluding hydrogens is 334 g/mol. The Hall–Kier alpha value is -3.16. The highest BCUT2D eigenvalue weighted by molar-refractivity contribution is 5.96. The molecule has 8 heteroatoms. The Morgan fingerprint density at radius 2 is 1.80 bits per heavy atom. The quantitative estimate of drug-likeness (QED) is 0.863. The van der Waals surface area contributed by atoms with Crippen LogP contribution in [0.3, 0.4) is 0 Å². The van der Waals surface area contributed by atoms with Gasteiger partial charge in [-0.1, -0.05) is 6.07 Å². The SMILES string of the molecule is O=C(CNC(=O)c1ccc(F)cc1F)NCc1ccc2c(c1)OCO2. The van der Waals surface area contributed by atoms with E-state index in [0.29, 0.717) is 17.6 Å². The fraction of sp³-hybridized carbons (Fsp3) is 0.176. The van der Waals surface area contributed by atoms with Crippen LogP contribution in [-0.2, 0) is 11.3 Å². The number of halogens is 2. The predicted molar refractivity (Wildman–Crippen MR) is 83.1 cm³/mol. The van der Waals surface area contributed by atoms with Crippen LogP contribution < -0.4 is 20.1 Å². The first-order valence-electron chi connectivity index (χ1n) is 7.41. The normalized spacial score (nSPS) is 11.9. The highest BCUT2D eigenvalue weighted by atomic mass is 19.1. The average molecular weight is 348 g/mol. The lowest BCUT2D eigenvalue weighted by Gasteiger charge is -2.08. The number of fused-ring (bicyclic) bond motifs is 1. The third-order valence-electron chi connectivity index (χ3n) is 3.51. The number of rotatable bonds is 5. The summed E-state index contributed by atoms with van der Waals surface area (Å²) in [7, 11) is 0. The Morgan fingerprint density at radius 1 is 1.00 bits per heavy atom. The molecule has 0 aliphatic carbocycles. The number of carbonyl (C=O) groups excluding carboxylic acids is 2. The van der Waals surface area contributed by atoms with Gasteiger partial charge in [0.25, 0.3) is 5.91 Å². The Balaban J connectivity index is 1.48. The second-order valence-corrected chi connectivity index (χ2v) is 5.27. The molecule has 0 saturated heterocycles. The van der Waals surface area contributed by atoms with Crippen LogP contribution in [0.2, 0.25) is 0 Å². The van der Waals surface area contributed by atoms with Crippen molar-refractivity contribution < 1.29 is 27.8 Å². The molecule has 0 fully saturated rings. The number of hydrogen-bond donors (Lipinski definition) is 2. The Morgan fingerprint density at radius 3 is 2.60 bits per heavy atom. The van der Waals surface area contributed by atoms with Crippen LogP contribution in [0.4, 0.5) is 8.78 Å². The molecule has 6 nitrogen and oxygen atoms in total. The maximum atomic E-state index is 13.5. The van der Waals surface area contributed by atoms with Gasteiger partial charge in [0.1, 0.15) is 11.6 Å². The predicted octanol–water partition coefficient (Wildman–Crippen LogP) is 1.74. The molecule has 0 unspecified atom stereocenters. The van der Waals surface area contributed by atoms with Crippen molar-refractivity contribution in [1.29, 1.82) is 0 Å². The molecule has 2 aromatic rings. The van der Waals surface area contributed by atoms with E-state index < -0.39 is 23.4 Å². The van der Waals surface area contributed by atoms with Crippen molar-refractivity contribution in [3.8, 4) is 11.5 Å². The van der Waals surface area contributed by atoms with Gasteiger partial charge in [-0.2, -0.15) is 0 Å². The minimum atomic E-state index is -0.988. The molecule has 1 heterocycles. The summed E-state index contributed by atoms with van der Waals surface area (Å²) in [6.07, 6.45) is 0. The molecule has 0 aromatic heterocycles. The zero-order valence-corrected chi connectivity index (χ0v) is 13.0. The Bertz CT molecular complexity index is 826. The van der Waals surface area contributed by atoms with Crippen LogP contribution >= 0.6 is 0 Å². The van der Waals surface area contributed by atoms with Crippen molar-refractivity contribution in [2.24, 2.45) is 0 Å². The van der Waals surface area contributed by atoms with E-state index in [4.69, 9.17) is 9.47 Å². The summed E-state index contributed by atoms with van der Waals surface area (Å²) >= 11 is 0. The van der Waals surface area contributed by atoms with Crippen LogP contribution in [0.1, 0.15) is 15.9 Å². The van der Waals surface area contributed by atoms with Gasteiger partial charge < -0.3 is 20.1 Å². The standard InChI is InChI=1S/C17H14F2N2O4/c18-11-2-3-12(13(19)6-11)17(23)21-8-16(22)20-7-10-1-4-14-15(5-10)25-9-24-14/h1-6H,7-9H2,(H,20,22)(H,21,23). The summed E-state index contributed by atoms with van der Waals surface area (Å²) in [6.45, 7) is 0.0631. The van der Waals surface area contributed by atoms with E-state index in [1.165, 1.54) is 0 Å². The lowest BCUT2D eigenvalue weighted by Crippen LogP contribution is -2.36. The van der Waals surface area contributed by atoms with Crippen molar-refractivity contribution in [1.82, 2.24) is 10.6 Å². The molecule has 25 heavy (non-hydrogen) atoms. The van der Waals surface area contributed by atoms with Gasteiger partial charge in [-0.05, 0) is 29.8 Å². The maximum absolute atomic E-state index is 13.5. The van der Waals surface area contributed by atoms with E-state index in [2.05, 4.69) is 10.6 Å². The second kappa shape index (κ2) is 7.16. The van der Waals surface area contributed by atoms with Gasteiger partial charge >= 0.3 is 0 Å². The van der Waals surface area contributed by atoms with Crippen LogP contribution in [0.25, 0.3) is 0 Å². The first-order valence-corrected chi connectivity index (χ1v) is 7.41. The Labute approximate surface area is 141 Å². The molecule has 1 aliphatic heterocycles. The van der Waals surface area contributed by atoms with Crippen LogP contribution in [0.5, 0.6) is 11.5 Å². The second-order valence-electron chi connectivity index (χ2n) is 5.27. The van der Waals surface area contributed by atoms with Gasteiger partial charge in [0.2, 0.25) is 12.7 Å². The molecule has 0 saturated carbocycles. The van der Waals surface area contributed by atoms with Gasteiger partial charge in [-0.15, -0.1) is 0 Å². The van der Waals surface area contributed by atoms with Crippen LogP contribution in [-0.4, -0.2) is 25.2 Å². The molecule has 0 spiro atoms. The molecule has 3 rings (SSSR count). The zero-order chi connectivity index (χ0) is 17.8. The largest absolute Gasteiger partial charge is 0.454 e. The highest BCUT2D eigenvalue weighted by Gasteiger charge is 2.15. The topological polar surface area (TPSA) is 76.7 Å². The minimum absolute atomic E-state index is 0.164. The number of hydrogen-bond acceptors (Lipinski definition) is 4. The fourth-order valence-corrected chi connectivity index (χ4v) is 2.24. The molecular formula is C17H14F2N2O4. The molecule has 1 aliphatic rings. The smallest absolute Gasteiger partial charge is 0.254 e. The number of nitrogens with one attached hydrogen (secondary N) is 2. The van der Waals surface area contributed by atoms with Gasteiger partial charge in [0.05, 0.1) is 12.1 Å². The van der Waals surface area contributed by atoms with Gasteiger partial charge in [-0.25, -0.2) is 8.78 Å². The summed E-state index contributed by atoms with van der Waals surface area (Å²) in [6, 6.07) is 7.86. The third kappa shape index (κ3) is 4.03. The highest BCUT2D eigenvalue weighted by Crippen LogP contribution is 2.32. The van der Waals surface area contributed by atoms with E-state index in [-0.39, 0.29) is 25.4 Å². The van der Waals surface area contributed by atoms with Crippen LogP contribution in [0.15, 0.2) is 36.4 Å². The van der Waals surface area contributed by atoms with Gasteiger partial charge in [-0.3, -0.25) is 9.59 Å². The summed E-state index contributed by atoms with van der Waals surface area (Å²) in [5, 5.41) is 4.90. The molecule has 130 valence electrons.